The Bertz CT molecular complexity index is 1050. The molecule has 0 aliphatic rings. The number of unbranched alkanes of at least 4 members (excludes halogenated alkanes) is 1. The lowest BCUT2D eigenvalue weighted by atomic mass is 10.1. The first-order valence-electron chi connectivity index (χ1n) is 10.6. The normalized spacial score (nSPS) is 12.2. The van der Waals surface area contributed by atoms with Gasteiger partial charge in [-0.2, -0.15) is 0 Å². The fourth-order valence-corrected chi connectivity index (χ4v) is 4.34. The number of rotatable bonds is 11. The summed E-state index contributed by atoms with van der Waals surface area (Å²) in [5, 5.41) is 2.81. The van der Waals surface area contributed by atoms with E-state index in [2.05, 4.69) is 27.9 Å². The predicted octanol–water partition coefficient (Wildman–Crippen LogP) is 3.53. The van der Waals surface area contributed by atoms with Crippen molar-refractivity contribution in [3.8, 4) is 0 Å². The van der Waals surface area contributed by atoms with Crippen LogP contribution in [0.2, 0.25) is 0 Å². The maximum Gasteiger partial charge on any atom is 0.244 e. The van der Waals surface area contributed by atoms with Gasteiger partial charge in [0.2, 0.25) is 21.8 Å². The predicted molar refractivity (Wildman–Crippen MR) is 136 cm³/mol. The number of carbonyl (C=O) groups excluding carboxylic acids is 2. The quantitative estimate of drug-likeness (QED) is 0.321. The number of carbonyl (C=O) groups is 2. The summed E-state index contributed by atoms with van der Waals surface area (Å²) in [5.74, 6) is -1.29. The van der Waals surface area contributed by atoms with Crippen molar-refractivity contribution in [2.45, 2.75) is 39.3 Å². The molecule has 0 unspecified atom stereocenters. The Balaban J connectivity index is 2.32. The fraction of sp³-hybridized carbons (Fsp3) is 0.391. The molecule has 7 nitrogen and oxygen atoms in total. The Labute approximate surface area is 208 Å². The number of anilines is 1. The minimum Gasteiger partial charge on any atom is -0.354 e. The molecule has 2 aromatic carbocycles. The van der Waals surface area contributed by atoms with Gasteiger partial charge in [0, 0.05) is 16.7 Å². The van der Waals surface area contributed by atoms with E-state index >= 15 is 0 Å². The number of hydrogen-bond donors (Lipinski definition) is 1. The zero-order valence-electron chi connectivity index (χ0n) is 18.9. The monoisotopic (exact) mass is 589 g/mol. The zero-order valence-corrected chi connectivity index (χ0v) is 21.9. The van der Waals surface area contributed by atoms with Crippen LogP contribution in [-0.4, -0.2) is 50.5 Å². The van der Waals surface area contributed by atoms with Crippen molar-refractivity contribution in [2.24, 2.45) is 0 Å². The smallest absolute Gasteiger partial charge is 0.244 e. The van der Waals surface area contributed by atoms with Gasteiger partial charge in [0.25, 0.3) is 0 Å². The Hall–Kier alpha value is -2.21. The molecule has 0 radical (unpaired) electrons. The van der Waals surface area contributed by atoms with Crippen LogP contribution in [0.15, 0.2) is 48.5 Å². The molecule has 33 heavy (non-hydrogen) atoms. The van der Waals surface area contributed by atoms with Crippen LogP contribution in [0.3, 0.4) is 0 Å². The summed E-state index contributed by atoms with van der Waals surface area (Å²) in [7, 11) is -3.77. The van der Waals surface area contributed by atoms with E-state index in [0.29, 0.717) is 17.8 Å². The average molecular weight is 589 g/mol. The first kappa shape index (κ1) is 27.0. The summed E-state index contributed by atoms with van der Waals surface area (Å²) in [6, 6.07) is 11.5. The number of nitrogens with zero attached hydrogens (tertiary/aromatic N) is 2. The van der Waals surface area contributed by atoms with Crippen molar-refractivity contribution in [1.82, 2.24) is 10.2 Å². The molecule has 0 aromatic heterocycles. The highest BCUT2D eigenvalue weighted by Gasteiger charge is 2.30. The topological polar surface area (TPSA) is 86.8 Å². The maximum atomic E-state index is 13.4. The van der Waals surface area contributed by atoms with Gasteiger partial charge >= 0.3 is 0 Å². The second-order valence-electron chi connectivity index (χ2n) is 7.71. The van der Waals surface area contributed by atoms with Gasteiger partial charge in [0.05, 0.1) is 11.9 Å². The van der Waals surface area contributed by atoms with Crippen molar-refractivity contribution in [1.29, 1.82) is 0 Å². The number of benzene rings is 2. The van der Waals surface area contributed by atoms with E-state index in [4.69, 9.17) is 0 Å². The summed E-state index contributed by atoms with van der Waals surface area (Å²) < 4.78 is 40.2. The molecule has 2 aromatic rings. The molecule has 180 valence electrons. The third-order valence-electron chi connectivity index (χ3n) is 5.06. The molecule has 0 aliphatic heterocycles. The number of halogens is 2. The van der Waals surface area contributed by atoms with Crippen LogP contribution in [0.4, 0.5) is 10.1 Å². The lowest BCUT2D eigenvalue weighted by Gasteiger charge is -2.31. The highest BCUT2D eigenvalue weighted by Crippen LogP contribution is 2.20. The van der Waals surface area contributed by atoms with Gasteiger partial charge in [0.15, 0.2) is 0 Å². The molecule has 0 saturated carbocycles. The van der Waals surface area contributed by atoms with Crippen molar-refractivity contribution >= 4 is 50.1 Å². The fourth-order valence-electron chi connectivity index (χ4n) is 3.13. The number of amides is 2. The number of sulfonamides is 1. The molecule has 2 amide bonds. The van der Waals surface area contributed by atoms with Crippen LogP contribution in [0, 0.1) is 9.39 Å². The van der Waals surface area contributed by atoms with E-state index in [1.807, 2.05) is 6.92 Å². The first-order chi connectivity index (χ1) is 15.5. The minimum atomic E-state index is -3.77. The Kier molecular flexibility index (Phi) is 10.1. The summed E-state index contributed by atoms with van der Waals surface area (Å²) in [6.07, 6.45) is 2.74. The maximum absolute atomic E-state index is 13.4. The Morgan fingerprint density at radius 3 is 2.24 bits per heavy atom. The zero-order chi connectivity index (χ0) is 24.6. The molecule has 0 bridgehead atoms. The van der Waals surface area contributed by atoms with E-state index in [1.54, 1.807) is 31.2 Å². The molecule has 1 atom stereocenters. The molecule has 2 rings (SSSR count). The summed E-state index contributed by atoms with van der Waals surface area (Å²) in [6.45, 7) is 3.65. The summed E-state index contributed by atoms with van der Waals surface area (Å²) >= 11 is 2.11. The van der Waals surface area contributed by atoms with E-state index in [1.165, 1.54) is 29.2 Å². The first-order valence-corrected chi connectivity index (χ1v) is 13.5. The largest absolute Gasteiger partial charge is 0.354 e. The average Bonchev–Trinajstić information content (AvgIpc) is 2.76. The molecule has 0 fully saturated rings. The lowest BCUT2D eigenvalue weighted by molar-refractivity contribution is -0.139. The van der Waals surface area contributed by atoms with Crippen LogP contribution in [-0.2, 0) is 26.2 Å². The second-order valence-corrected chi connectivity index (χ2v) is 10.9. The summed E-state index contributed by atoms with van der Waals surface area (Å²) in [4.78, 5) is 27.4. The second kappa shape index (κ2) is 12.3. The molecule has 1 N–H and O–H groups in total. The molecule has 10 heteroatoms. The molecular formula is C23H29FIN3O4S. The Morgan fingerprint density at radius 2 is 1.70 bits per heavy atom. The molecular weight excluding hydrogens is 560 g/mol. The standard InChI is InChI=1S/C23H29FIN3O4S/c1-4-5-14-26-23(30)17(2)27(15-18-6-8-19(24)9-7-18)22(29)16-28(33(3,31)32)21-12-10-20(25)11-13-21/h6-13,17H,4-5,14-16H2,1-3H3,(H,26,30)/t17-/m1/s1. The number of hydrogen-bond acceptors (Lipinski definition) is 4. The highest BCUT2D eigenvalue weighted by atomic mass is 127. The van der Waals surface area contributed by atoms with Crippen LogP contribution in [0.5, 0.6) is 0 Å². The Morgan fingerprint density at radius 1 is 1.09 bits per heavy atom. The minimum absolute atomic E-state index is 0.0335. The third-order valence-corrected chi connectivity index (χ3v) is 6.92. The van der Waals surface area contributed by atoms with Gasteiger partial charge in [-0.3, -0.25) is 13.9 Å². The van der Waals surface area contributed by atoms with Crippen LogP contribution in [0.1, 0.15) is 32.3 Å². The van der Waals surface area contributed by atoms with Gasteiger partial charge in [-0.05, 0) is 77.9 Å². The number of nitrogens with one attached hydrogen (secondary N) is 1. The van der Waals surface area contributed by atoms with Gasteiger partial charge in [-0.15, -0.1) is 0 Å². The van der Waals surface area contributed by atoms with Crippen molar-refractivity contribution < 1.29 is 22.4 Å². The molecule has 0 saturated heterocycles. The van der Waals surface area contributed by atoms with Gasteiger partial charge in [-0.25, -0.2) is 12.8 Å². The van der Waals surface area contributed by atoms with Gasteiger partial charge in [-0.1, -0.05) is 25.5 Å². The van der Waals surface area contributed by atoms with E-state index in [0.717, 1.165) is 27.0 Å². The molecule has 0 spiro atoms. The molecule has 0 heterocycles. The molecule has 0 aliphatic carbocycles. The van der Waals surface area contributed by atoms with Crippen molar-refractivity contribution in [3.63, 3.8) is 0 Å². The van der Waals surface area contributed by atoms with Crippen molar-refractivity contribution in [3.05, 3.63) is 63.5 Å². The van der Waals surface area contributed by atoms with Crippen LogP contribution in [0.25, 0.3) is 0 Å². The van der Waals surface area contributed by atoms with E-state index < -0.39 is 34.3 Å². The van der Waals surface area contributed by atoms with Gasteiger partial charge < -0.3 is 10.2 Å². The lowest BCUT2D eigenvalue weighted by Crippen LogP contribution is -2.51. The van der Waals surface area contributed by atoms with Crippen LogP contribution >= 0.6 is 22.6 Å². The SMILES string of the molecule is CCCCNC(=O)[C@@H](C)N(Cc1ccc(F)cc1)C(=O)CN(c1ccc(I)cc1)S(C)(=O)=O. The highest BCUT2D eigenvalue weighted by molar-refractivity contribution is 14.1. The third kappa shape index (κ3) is 8.26. The van der Waals surface area contributed by atoms with E-state index in [9.17, 15) is 22.4 Å². The van der Waals surface area contributed by atoms with E-state index in [-0.39, 0.29) is 12.5 Å². The van der Waals surface area contributed by atoms with Gasteiger partial charge in [0.1, 0.15) is 18.4 Å². The summed E-state index contributed by atoms with van der Waals surface area (Å²) in [5.41, 5.74) is 0.978. The van der Waals surface area contributed by atoms with Crippen molar-refractivity contribution in [2.75, 3.05) is 23.7 Å². The van der Waals surface area contributed by atoms with Crippen LogP contribution < -0.4 is 9.62 Å².